The Labute approximate surface area is 247 Å². The Bertz CT molecular complexity index is 1490. The number of methoxy groups -OCH3 is 1. The van der Waals surface area contributed by atoms with Gasteiger partial charge in [0.05, 0.1) is 61.0 Å². The van der Waals surface area contributed by atoms with Crippen LogP contribution < -0.4 is 5.32 Å². The third-order valence-corrected chi connectivity index (χ3v) is 8.60. The number of hydrogen-bond acceptors (Lipinski definition) is 5. The van der Waals surface area contributed by atoms with Gasteiger partial charge in [-0.25, -0.2) is 8.78 Å². The highest BCUT2D eigenvalue weighted by Gasteiger charge is 2.37. The minimum Gasteiger partial charge on any atom is -0.469 e. The average Bonchev–Trinajstić information content (AvgIpc) is 3.53. The van der Waals surface area contributed by atoms with Gasteiger partial charge in [0.1, 0.15) is 12.0 Å². The van der Waals surface area contributed by atoms with E-state index in [1.807, 2.05) is 35.9 Å². The largest absolute Gasteiger partial charge is 0.469 e. The summed E-state index contributed by atoms with van der Waals surface area (Å²) < 4.78 is 42.2. The van der Waals surface area contributed by atoms with Gasteiger partial charge >= 0.3 is 5.97 Å². The van der Waals surface area contributed by atoms with Crippen molar-refractivity contribution in [1.82, 2.24) is 9.47 Å². The number of alkyl halides is 1. The average molecular weight is 602 g/mol. The summed E-state index contributed by atoms with van der Waals surface area (Å²) in [6, 6.07) is 9.38. The number of nitrogens with one attached hydrogen (secondary N) is 1. The summed E-state index contributed by atoms with van der Waals surface area (Å²) in [6.07, 6.45) is 2.95. The van der Waals surface area contributed by atoms with Gasteiger partial charge in [-0.05, 0) is 49.4 Å². The van der Waals surface area contributed by atoms with Gasteiger partial charge in [-0.3, -0.25) is 14.4 Å². The Kier molecular flexibility index (Phi) is 9.13. The second-order valence-electron chi connectivity index (χ2n) is 11.1. The van der Waals surface area contributed by atoms with Crippen LogP contribution in [-0.4, -0.2) is 65.8 Å². The fourth-order valence-corrected chi connectivity index (χ4v) is 6.23. The first-order valence-electron chi connectivity index (χ1n) is 14.1. The number of esters is 1. The standard InChI is InChI=1S/C31H34ClF2N3O5/c1-36-16-24(23-5-3-4-6-28(23)36)30(39)35-27-14-26(34)19(11-25(27)32)12-29(38)37-15-20(33)13-21(37)17-42-22-9-7-18(8-10-22)31(40)41-2/h3-6,11,14,16,18,20-22H,7-10,12-13,15,17H2,1-2H3,(H,35,39)/t18-,20-,21-,22-/m0/s1. The molecule has 5 rings (SSSR count). The molecule has 8 nitrogen and oxygen atoms in total. The first kappa shape index (κ1) is 30.0. The number of carbonyl (C=O) groups is 3. The van der Waals surface area contributed by atoms with Crippen LogP contribution in [-0.2, 0) is 32.5 Å². The maximum Gasteiger partial charge on any atom is 0.308 e. The molecule has 2 atom stereocenters. The topological polar surface area (TPSA) is 89.9 Å². The molecule has 42 heavy (non-hydrogen) atoms. The highest BCUT2D eigenvalue weighted by Crippen LogP contribution is 2.31. The summed E-state index contributed by atoms with van der Waals surface area (Å²) in [7, 11) is 3.21. The number of carbonyl (C=O) groups excluding carboxylic acids is 3. The Morgan fingerprint density at radius 3 is 2.60 bits per heavy atom. The molecule has 1 saturated heterocycles. The molecule has 2 amide bonds. The molecule has 0 radical (unpaired) electrons. The van der Waals surface area contributed by atoms with Crippen LogP contribution in [0.4, 0.5) is 14.5 Å². The number of nitrogens with zero attached hydrogens (tertiary/aromatic N) is 2. The van der Waals surface area contributed by atoms with Crippen molar-refractivity contribution in [2.45, 2.75) is 56.8 Å². The molecule has 224 valence electrons. The second kappa shape index (κ2) is 12.8. The van der Waals surface area contributed by atoms with Gasteiger partial charge in [0.25, 0.3) is 5.91 Å². The van der Waals surface area contributed by atoms with Gasteiger partial charge in [-0.2, -0.15) is 0 Å². The van der Waals surface area contributed by atoms with Crippen molar-refractivity contribution >= 4 is 46.0 Å². The number of benzene rings is 2. The van der Waals surface area contributed by atoms with Crippen molar-refractivity contribution in [3.8, 4) is 0 Å². The van der Waals surface area contributed by atoms with Crippen molar-refractivity contribution in [2.75, 3.05) is 25.6 Å². The normalized spacial score (nSPS) is 22.4. The fraction of sp³-hybridized carbons (Fsp3) is 0.452. The predicted molar refractivity (Wildman–Crippen MR) is 155 cm³/mol. The molecule has 1 aliphatic heterocycles. The number of hydrogen-bond donors (Lipinski definition) is 1. The van der Waals surface area contributed by atoms with Crippen LogP contribution in [0.3, 0.4) is 0 Å². The molecule has 0 unspecified atom stereocenters. The lowest BCUT2D eigenvalue weighted by molar-refractivity contribution is -0.148. The molecule has 11 heteroatoms. The molecule has 3 aromatic rings. The molecule has 1 N–H and O–H groups in total. The van der Waals surface area contributed by atoms with Crippen molar-refractivity contribution in [3.05, 3.63) is 64.6 Å². The lowest BCUT2D eigenvalue weighted by atomic mass is 9.87. The van der Waals surface area contributed by atoms with Crippen LogP contribution in [0.1, 0.15) is 48.0 Å². The molecule has 1 aliphatic carbocycles. The second-order valence-corrected chi connectivity index (χ2v) is 11.5. The Morgan fingerprint density at radius 2 is 1.86 bits per heavy atom. The third kappa shape index (κ3) is 6.44. The van der Waals surface area contributed by atoms with Crippen molar-refractivity contribution in [1.29, 1.82) is 0 Å². The number of ether oxygens (including phenoxy) is 2. The van der Waals surface area contributed by atoms with Crippen molar-refractivity contribution in [3.63, 3.8) is 0 Å². The maximum absolute atomic E-state index is 15.1. The zero-order chi connectivity index (χ0) is 30.0. The van der Waals surface area contributed by atoms with E-state index in [0.717, 1.165) is 17.0 Å². The molecular weight excluding hydrogens is 568 g/mol. The maximum atomic E-state index is 15.1. The van der Waals surface area contributed by atoms with Gasteiger partial charge < -0.3 is 24.3 Å². The number of rotatable bonds is 8. The third-order valence-electron chi connectivity index (χ3n) is 8.28. The Balaban J connectivity index is 1.20. The molecule has 2 aromatic carbocycles. The lowest BCUT2D eigenvalue weighted by Gasteiger charge is -2.30. The van der Waals surface area contributed by atoms with Crippen LogP contribution in [0.15, 0.2) is 42.6 Å². The first-order valence-corrected chi connectivity index (χ1v) is 14.5. The quantitative estimate of drug-likeness (QED) is 0.347. The molecule has 1 aromatic heterocycles. The van der Waals surface area contributed by atoms with Gasteiger partial charge in [-0.15, -0.1) is 0 Å². The van der Waals surface area contributed by atoms with E-state index in [1.54, 1.807) is 6.20 Å². The predicted octanol–water partition coefficient (Wildman–Crippen LogP) is 5.45. The summed E-state index contributed by atoms with van der Waals surface area (Å²) in [4.78, 5) is 39.4. The van der Waals surface area contributed by atoms with E-state index in [9.17, 15) is 18.8 Å². The summed E-state index contributed by atoms with van der Waals surface area (Å²) in [5, 5.41) is 3.50. The number of aryl methyl sites for hydroxylation is 1. The SMILES string of the molecule is COC(=O)[C@H]1CC[C@H](OC[C@@H]2C[C@H](F)CN2C(=O)Cc2cc(Cl)c(NC(=O)c3cn(C)c4ccccc34)cc2F)CC1. The van der Waals surface area contributed by atoms with Crippen molar-refractivity contribution in [2.24, 2.45) is 13.0 Å². The van der Waals surface area contributed by atoms with E-state index in [1.165, 1.54) is 18.1 Å². The van der Waals surface area contributed by atoms with Gasteiger partial charge in [0.15, 0.2) is 0 Å². The minimum absolute atomic E-state index is 0.0521. The van der Waals surface area contributed by atoms with E-state index in [4.69, 9.17) is 21.1 Å². The van der Waals surface area contributed by atoms with E-state index in [0.29, 0.717) is 31.2 Å². The Morgan fingerprint density at radius 1 is 1.12 bits per heavy atom. The van der Waals surface area contributed by atoms with Crippen LogP contribution in [0.5, 0.6) is 0 Å². The first-order chi connectivity index (χ1) is 20.1. The van der Waals surface area contributed by atoms with Crippen LogP contribution in [0.2, 0.25) is 5.02 Å². The van der Waals surface area contributed by atoms with Crippen LogP contribution in [0.25, 0.3) is 10.9 Å². The smallest absolute Gasteiger partial charge is 0.308 e. The lowest BCUT2D eigenvalue weighted by Crippen LogP contribution is -2.40. The van der Waals surface area contributed by atoms with Gasteiger partial charge in [0.2, 0.25) is 5.91 Å². The number of likely N-dealkylation sites (tertiary alicyclic amines) is 1. The molecule has 2 heterocycles. The summed E-state index contributed by atoms with van der Waals surface area (Å²) in [5.74, 6) is -1.92. The number of anilines is 1. The van der Waals surface area contributed by atoms with E-state index in [-0.39, 0.29) is 60.3 Å². The summed E-state index contributed by atoms with van der Waals surface area (Å²) in [5.41, 5.74) is 1.43. The fourth-order valence-electron chi connectivity index (χ4n) is 6.00. The van der Waals surface area contributed by atoms with Crippen molar-refractivity contribution < 1.29 is 32.6 Å². The molecule has 2 aliphatic rings. The monoisotopic (exact) mass is 601 g/mol. The molecule has 2 fully saturated rings. The number of amides is 2. The number of halogens is 3. The number of fused-ring (bicyclic) bond motifs is 1. The van der Waals surface area contributed by atoms with Gasteiger partial charge in [-0.1, -0.05) is 29.8 Å². The highest BCUT2D eigenvalue weighted by atomic mass is 35.5. The molecular formula is C31H34ClF2N3O5. The zero-order valence-corrected chi connectivity index (χ0v) is 24.3. The van der Waals surface area contributed by atoms with Crippen LogP contribution in [0, 0.1) is 11.7 Å². The summed E-state index contributed by atoms with van der Waals surface area (Å²) in [6.45, 7) is 0.0819. The molecule has 0 spiro atoms. The van der Waals surface area contributed by atoms with E-state index in [2.05, 4.69) is 5.32 Å². The molecule has 1 saturated carbocycles. The minimum atomic E-state index is -1.20. The van der Waals surface area contributed by atoms with Crippen LogP contribution >= 0.6 is 11.6 Å². The Hall–Kier alpha value is -3.50. The van der Waals surface area contributed by atoms with E-state index >= 15 is 4.39 Å². The number of para-hydroxylation sites is 1. The highest BCUT2D eigenvalue weighted by molar-refractivity contribution is 6.34. The van der Waals surface area contributed by atoms with E-state index < -0.39 is 29.8 Å². The number of aromatic nitrogens is 1. The zero-order valence-electron chi connectivity index (χ0n) is 23.6. The van der Waals surface area contributed by atoms with Gasteiger partial charge in [0, 0.05) is 30.6 Å². The summed E-state index contributed by atoms with van der Waals surface area (Å²) >= 11 is 6.41. The molecule has 0 bridgehead atoms.